The van der Waals surface area contributed by atoms with E-state index in [1.54, 1.807) is 4.68 Å². The van der Waals surface area contributed by atoms with Gasteiger partial charge in [-0.3, -0.25) is 9.48 Å². The number of hydrogen-bond donors (Lipinski definition) is 1. The Morgan fingerprint density at radius 1 is 1.11 bits per heavy atom. The zero-order valence-electron chi connectivity index (χ0n) is 15.8. The molecule has 3 aromatic rings. The maximum absolute atomic E-state index is 12.4. The zero-order valence-corrected chi connectivity index (χ0v) is 15.8. The lowest BCUT2D eigenvalue weighted by molar-refractivity contribution is -0.116. The molecule has 1 N–H and O–H groups in total. The second-order valence-corrected chi connectivity index (χ2v) is 6.33. The molecule has 0 aliphatic carbocycles. The number of benzene rings is 2. The molecular formula is C21H24N4O2. The molecule has 0 spiro atoms. The second-order valence-electron chi connectivity index (χ2n) is 6.33. The molecule has 0 fully saturated rings. The average Bonchev–Trinajstić information content (AvgIpc) is 3.08. The zero-order chi connectivity index (χ0) is 19.2. The molecule has 0 bridgehead atoms. The Hall–Kier alpha value is -3.28. The molecule has 1 aromatic heterocycles. The lowest BCUT2D eigenvalue weighted by Gasteiger charge is -2.11. The van der Waals surface area contributed by atoms with Gasteiger partial charge in [-0.2, -0.15) is 5.10 Å². The Kier molecular flexibility index (Phi) is 5.76. The van der Waals surface area contributed by atoms with Crippen molar-refractivity contribution in [1.29, 1.82) is 0 Å². The van der Waals surface area contributed by atoms with Crippen molar-refractivity contribution < 1.29 is 9.53 Å². The topological polar surface area (TPSA) is 59.4 Å². The molecule has 0 saturated carbocycles. The Labute approximate surface area is 159 Å². The van der Waals surface area contributed by atoms with Gasteiger partial charge in [-0.05, 0) is 36.8 Å². The summed E-state index contributed by atoms with van der Waals surface area (Å²) in [6.07, 6.45) is 1.91. The normalized spacial score (nSPS) is 10.5. The molecule has 3 rings (SSSR count). The quantitative estimate of drug-likeness (QED) is 0.695. The van der Waals surface area contributed by atoms with Crippen LogP contribution in [0.4, 0.5) is 11.5 Å². The maximum Gasteiger partial charge on any atom is 0.246 e. The molecule has 6 heteroatoms. The highest BCUT2D eigenvalue weighted by Crippen LogP contribution is 2.28. The van der Waals surface area contributed by atoms with Gasteiger partial charge in [-0.1, -0.05) is 30.3 Å². The molecule has 1 amide bonds. The van der Waals surface area contributed by atoms with Crippen molar-refractivity contribution >= 4 is 17.4 Å². The van der Waals surface area contributed by atoms with Crippen LogP contribution in [0.25, 0.3) is 11.1 Å². The van der Waals surface area contributed by atoms with E-state index in [9.17, 15) is 4.79 Å². The minimum absolute atomic E-state index is 0.133. The van der Waals surface area contributed by atoms with Gasteiger partial charge < -0.3 is 15.0 Å². The summed E-state index contributed by atoms with van der Waals surface area (Å²) >= 11 is 0. The second kappa shape index (κ2) is 8.40. The molecule has 0 radical (unpaired) electrons. The number of aromatic nitrogens is 2. The van der Waals surface area contributed by atoms with Crippen molar-refractivity contribution in [3.05, 3.63) is 60.8 Å². The van der Waals surface area contributed by atoms with Gasteiger partial charge in [0.05, 0.1) is 6.61 Å². The molecule has 0 aliphatic heterocycles. The van der Waals surface area contributed by atoms with E-state index >= 15 is 0 Å². The van der Waals surface area contributed by atoms with E-state index in [4.69, 9.17) is 4.74 Å². The Morgan fingerprint density at radius 3 is 2.44 bits per heavy atom. The van der Waals surface area contributed by atoms with E-state index in [-0.39, 0.29) is 12.5 Å². The fourth-order valence-corrected chi connectivity index (χ4v) is 2.79. The van der Waals surface area contributed by atoms with Gasteiger partial charge in [0.1, 0.15) is 12.3 Å². The summed E-state index contributed by atoms with van der Waals surface area (Å²) in [4.78, 5) is 14.4. The summed E-state index contributed by atoms with van der Waals surface area (Å²) in [6.45, 7) is 2.69. The van der Waals surface area contributed by atoms with Crippen LogP contribution in [0.15, 0.2) is 60.8 Å². The minimum Gasteiger partial charge on any atom is -0.494 e. The highest BCUT2D eigenvalue weighted by atomic mass is 16.5. The molecule has 0 saturated heterocycles. The monoisotopic (exact) mass is 364 g/mol. The van der Waals surface area contributed by atoms with E-state index in [1.165, 1.54) is 0 Å². The molecule has 27 heavy (non-hydrogen) atoms. The number of amides is 1. The molecule has 140 valence electrons. The lowest BCUT2D eigenvalue weighted by atomic mass is 10.1. The first-order valence-corrected chi connectivity index (χ1v) is 8.89. The van der Waals surface area contributed by atoms with Crippen molar-refractivity contribution in [2.45, 2.75) is 13.5 Å². The van der Waals surface area contributed by atoms with Crippen molar-refractivity contribution in [2.75, 3.05) is 30.9 Å². The third-order valence-electron chi connectivity index (χ3n) is 4.01. The van der Waals surface area contributed by atoms with Gasteiger partial charge in [-0.25, -0.2) is 0 Å². The molecular weight excluding hydrogens is 340 g/mol. The van der Waals surface area contributed by atoms with Crippen molar-refractivity contribution in [3.63, 3.8) is 0 Å². The van der Waals surface area contributed by atoms with E-state index in [2.05, 4.69) is 10.4 Å². The summed E-state index contributed by atoms with van der Waals surface area (Å²) in [5.74, 6) is 1.48. The molecule has 2 aromatic carbocycles. The average molecular weight is 364 g/mol. The van der Waals surface area contributed by atoms with E-state index < -0.39 is 0 Å². The third kappa shape index (κ3) is 4.67. The number of nitrogens with one attached hydrogen (secondary N) is 1. The first kappa shape index (κ1) is 18.5. The fourth-order valence-electron chi connectivity index (χ4n) is 2.79. The van der Waals surface area contributed by atoms with Crippen molar-refractivity contribution in [2.24, 2.45) is 0 Å². The molecule has 1 heterocycles. The van der Waals surface area contributed by atoms with Gasteiger partial charge in [0.25, 0.3) is 0 Å². The van der Waals surface area contributed by atoms with Crippen LogP contribution in [0, 0.1) is 0 Å². The SMILES string of the molecule is CCOc1ccc(NC(=O)Cn2cc(-c3ccccc3)c(N(C)C)n2)cc1. The van der Waals surface area contributed by atoms with Gasteiger partial charge >= 0.3 is 0 Å². The predicted molar refractivity (Wildman–Crippen MR) is 108 cm³/mol. The van der Waals surface area contributed by atoms with Crippen LogP contribution in [-0.2, 0) is 11.3 Å². The summed E-state index contributed by atoms with van der Waals surface area (Å²) in [7, 11) is 3.89. The lowest BCUT2D eigenvalue weighted by Crippen LogP contribution is -2.19. The highest BCUT2D eigenvalue weighted by Gasteiger charge is 2.14. The van der Waals surface area contributed by atoms with Crippen LogP contribution < -0.4 is 15.0 Å². The van der Waals surface area contributed by atoms with Gasteiger partial charge in [-0.15, -0.1) is 0 Å². The number of nitrogens with zero attached hydrogens (tertiary/aromatic N) is 3. The summed E-state index contributed by atoms with van der Waals surface area (Å²) < 4.78 is 7.08. The van der Waals surface area contributed by atoms with Crippen LogP contribution in [0.2, 0.25) is 0 Å². The van der Waals surface area contributed by atoms with Crippen LogP contribution in [0.3, 0.4) is 0 Å². The maximum atomic E-state index is 12.4. The predicted octanol–water partition coefficient (Wildman–Crippen LogP) is 3.65. The van der Waals surface area contributed by atoms with Crippen molar-refractivity contribution in [1.82, 2.24) is 9.78 Å². The van der Waals surface area contributed by atoms with Crippen LogP contribution in [-0.4, -0.2) is 36.4 Å². The Bertz CT molecular complexity index is 886. The van der Waals surface area contributed by atoms with Crippen LogP contribution in [0.1, 0.15) is 6.92 Å². The number of hydrogen-bond acceptors (Lipinski definition) is 4. The summed E-state index contributed by atoms with van der Waals surface area (Å²) in [5.41, 5.74) is 2.79. The molecule has 0 aliphatic rings. The fraction of sp³-hybridized carbons (Fsp3) is 0.238. The number of anilines is 2. The Balaban J connectivity index is 1.72. The molecule has 0 atom stereocenters. The molecule has 0 unspecified atom stereocenters. The van der Waals surface area contributed by atoms with Crippen molar-refractivity contribution in [3.8, 4) is 16.9 Å². The Morgan fingerprint density at radius 2 is 1.81 bits per heavy atom. The van der Waals surface area contributed by atoms with Gasteiger partial charge in [0.15, 0.2) is 5.82 Å². The first-order chi connectivity index (χ1) is 13.1. The largest absolute Gasteiger partial charge is 0.494 e. The summed E-state index contributed by atoms with van der Waals surface area (Å²) in [6, 6.07) is 17.4. The van der Waals surface area contributed by atoms with E-state index in [0.29, 0.717) is 6.61 Å². The minimum atomic E-state index is -0.133. The van der Waals surface area contributed by atoms with E-state index in [1.807, 2.05) is 86.7 Å². The van der Waals surface area contributed by atoms with Gasteiger partial charge in [0.2, 0.25) is 5.91 Å². The highest BCUT2D eigenvalue weighted by molar-refractivity contribution is 5.90. The number of carbonyl (C=O) groups excluding carboxylic acids is 1. The first-order valence-electron chi connectivity index (χ1n) is 8.89. The number of ether oxygens (including phenoxy) is 1. The van der Waals surface area contributed by atoms with Gasteiger partial charge in [0, 0.05) is 31.5 Å². The molecule has 6 nitrogen and oxygen atoms in total. The summed E-state index contributed by atoms with van der Waals surface area (Å²) in [5, 5.41) is 7.46. The number of carbonyl (C=O) groups is 1. The number of rotatable bonds is 7. The van der Waals surface area contributed by atoms with E-state index in [0.717, 1.165) is 28.4 Å². The smallest absolute Gasteiger partial charge is 0.246 e. The van der Waals surface area contributed by atoms with Crippen LogP contribution >= 0.6 is 0 Å². The van der Waals surface area contributed by atoms with Crippen LogP contribution in [0.5, 0.6) is 5.75 Å². The standard InChI is InChI=1S/C21H24N4O2/c1-4-27-18-12-10-17(11-13-18)22-20(26)15-25-14-19(21(23-25)24(2)3)16-8-6-5-7-9-16/h5-14H,4,15H2,1-3H3,(H,22,26). The third-order valence-corrected chi connectivity index (χ3v) is 4.01.